The number of Topliss-reactive ketones (excluding diaryl/α,β-unsaturated/α-hetero) is 1. The number of benzene rings is 1. The lowest BCUT2D eigenvalue weighted by Gasteiger charge is -2.25. The van der Waals surface area contributed by atoms with Crippen LogP contribution in [0.15, 0.2) is 52.1 Å². The molecule has 3 rings (SSSR count). The van der Waals surface area contributed by atoms with E-state index < -0.39 is 17.7 Å². The number of furan rings is 1. The zero-order valence-electron chi connectivity index (χ0n) is 14.1. The van der Waals surface area contributed by atoms with E-state index in [1.54, 1.807) is 57.2 Å². The van der Waals surface area contributed by atoms with Gasteiger partial charge in [-0.15, -0.1) is 0 Å². The molecule has 0 bridgehead atoms. The minimum Gasteiger partial charge on any atom is -0.503 e. The van der Waals surface area contributed by atoms with Gasteiger partial charge >= 0.3 is 0 Å². The van der Waals surface area contributed by atoms with Crippen LogP contribution in [0.1, 0.15) is 31.4 Å². The van der Waals surface area contributed by atoms with Crippen molar-refractivity contribution in [3.8, 4) is 0 Å². The minimum atomic E-state index is -0.808. The number of carbonyl (C=O) groups excluding carboxylic acids is 2. The lowest BCUT2D eigenvalue weighted by atomic mass is 9.94. The molecule has 0 radical (unpaired) electrons. The Kier molecular flexibility index (Phi) is 4.43. The summed E-state index contributed by atoms with van der Waals surface area (Å²) in [7, 11) is 0. The smallest absolute Gasteiger partial charge is 0.294 e. The van der Waals surface area contributed by atoms with Gasteiger partial charge in [0.2, 0.25) is 0 Å². The second kappa shape index (κ2) is 6.41. The van der Waals surface area contributed by atoms with Gasteiger partial charge in [0.15, 0.2) is 11.5 Å². The molecule has 5 nitrogen and oxygen atoms in total. The molecule has 0 saturated carbocycles. The van der Waals surface area contributed by atoms with Gasteiger partial charge in [0.25, 0.3) is 5.91 Å². The molecule has 1 aromatic heterocycles. The van der Waals surface area contributed by atoms with Gasteiger partial charge in [-0.1, -0.05) is 25.4 Å². The number of aliphatic hydroxyl groups is 1. The van der Waals surface area contributed by atoms with E-state index in [9.17, 15) is 14.7 Å². The summed E-state index contributed by atoms with van der Waals surface area (Å²) in [6, 6.07) is 9.28. The lowest BCUT2D eigenvalue weighted by Crippen LogP contribution is -2.31. The van der Waals surface area contributed by atoms with Crippen LogP contribution in [0.25, 0.3) is 0 Å². The number of carbonyl (C=O) groups is 2. The molecule has 6 heteroatoms. The third-order valence-corrected chi connectivity index (χ3v) is 4.39. The molecule has 2 aromatic rings. The molecule has 1 aliphatic heterocycles. The SMILES string of the molecule is Cc1ccc(C2C(C(=O)C(C)C)=C(O)C(=O)N2c2ccc(Cl)cc2)o1. The van der Waals surface area contributed by atoms with E-state index in [2.05, 4.69) is 0 Å². The predicted molar refractivity (Wildman–Crippen MR) is 94.6 cm³/mol. The molecule has 1 aliphatic rings. The summed E-state index contributed by atoms with van der Waals surface area (Å²) >= 11 is 5.92. The molecule has 1 atom stereocenters. The normalized spacial score (nSPS) is 17.7. The van der Waals surface area contributed by atoms with Gasteiger partial charge in [-0.3, -0.25) is 14.5 Å². The maximum atomic E-state index is 12.7. The monoisotopic (exact) mass is 359 g/mol. The summed E-state index contributed by atoms with van der Waals surface area (Å²) in [4.78, 5) is 26.7. The highest BCUT2D eigenvalue weighted by Gasteiger charge is 2.46. The van der Waals surface area contributed by atoms with Gasteiger partial charge in [0.05, 0.1) is 5.57 Å². The molecule has 0 aliphatic carbocycles. The number of hydrogen-bond acceptors (Lipinski definition) is 4. The number of anilines is 1. The number of ketones is 1. The van der Waals surface area contributed by atoms with Crippen molar-refractivity contribution in [2.75, 3.05) is 4.90 Å². The van der Waals surface area contributed by atoms with E-state index in [1.807, 2.05) is 0 Å². The van der Waals surface area contributed by atoms with Gasteiger partial charge in [0.1, 0.15) is 17.6 Å². The van der Waals surface area contributed by atoms with E-state index >= 15 is 0 Å². The fourth-order valence-corrected chi connectivity index (χ4v) is 3.03. The largest absolute Gasteiger partial charge is 0.503 e. The van der Waals surface area contributed by atoms with Crippen molar-refractivity contribution in [2.45, 2.75) is 26.8 Å². The van der Waals surface area contributed by atoms with Crippen molar-refractivity contribution in [3.05, 3.63) is 64.3 Å². The van der Waals surface area contributed by atoms with Crippen molar-refractivity contribution in [1.82, 2.24) is 0 Å². The van der Waals surface area contributed by atoms with Gasteiger partial charge in [0, 0.05) is 16.6 Å². The zero-order valence-corrected chi connectivity index (χ0v) is 14.9. The number of rotatable bonds is 4. The highest BCUT2D eigenvalue weighted by molar-refractivity contribution is 6.30. The zero-order chi connectivity index (χ0) is 18.3. The van der Waals surface area contributed by atoms with Gasteiger partial charge in [-0.05, 0) is 43.3 Å². The number of amides is 1. The second-order valence-electron chi connectivity index (χ2n) is 6.28. The summed E-state index contributed by atoms with van der Waals surface area (Å²) < 4.78 is 5.68. The van der Waals surface area contributed by atoms with Gasteiger partial charge in [-0.25, -0.2) is 0 Å². The van der Waals surface area contributed by atoms with Crippen molar-refractivity contribution in [2.24, 2.45) is 5.92 Å². The fraction of sp³-hybridized carbons (Fsp3) is 0.263. The average Bonchev–Trinajstić information content (AvgIpc) is 3.10. The molecule has 0 spiro atoms. The number of aliphatic hydroxyl groups excluding tert-OH is 1. The van der Waals surface area contributed by atoms with Crippen LogP contribution in [-0.2, 0) is 9.59 Å². The van der Waals surface area contributed by atoms with Crippen LogP contribution < -0.4 is 4.90 Å². The molecule has 130 valence electrons. The number of hydrogen-bond donors (Lipinski definition) is 1. The molecule has 1 amide bonds. The van der Waals surface area contributed by atoms with Crippen LogP contribution >= 0.6 is 11.6 Å². The van der Waals surface area contributed by atoms with Crippen molar-refractivity contribution in [3.63, 3.8) is 0 Å². The Labute approximate surface area is 150 Å². The first kappa shape index (κ1) is 17.3. The Morgan fingerprint density at radius 2 is 1.84 bits per heavy atom. The summed E-state index contributed by atoms with van der Waals surface area (Å²) in [5.74, 6) is -0.747. The first-order valence-corrected chi connectivity index (χ1v) is 8.32. The van der Waals surface area contributed by atoms with Crippen LogP contribution in [-0.4, -0.2) is 16.8 Å². The van der Waals surface area contributed by atoms with Crippen LogP contribution in [0.3, 0.4) is 0 Å². The first-order chi connectivity index (χ1) is 11.8. The summed E-state index contributed by atoms with van der Waals surface area (Å²) in [5, 5.41) is 10.9. The Bertz CT molecular complexity index is 864. The first-order valence-electron chi connectivity index (χ1n) is 7.94. The highest BCUT2D eigenvalue weighted by Crippen LogP contribution is 2.42. The molecule has 0 fully saturated rings. The number of halogens is 1. The maximum Gasteiger partial charge on any atom is 0.294 e. The van der Waals surface area contributed by atoms with E-state index in [-0.39, 0.29) is 17.3 Å². The third-order valence-electron chi connectivity index (χ3n) is 4.13. The number of nitrogens with zero attached hydrogens (tertiary/aromatic N) is 1. The van der Waals surface area contributed by atoms with Gasteiger partial charge in [-0.2, -0.15) is 0 Å². The molecular formula is C19H18ClNO4. The fourth-order valence-electron chi connectivity index (χ4n) is 2.91. The Hall–Kier alpha value is -2.53. The van der Waals surface area contributed by atoms with Crippen LogP contribution in [0.5, 0.6) is 0 Å². The lowest BCUT2D eigenvalue weighted by molar-refractivity contribution is -0.119. The molecule has 2 heterocycles. The summed E-state index contributed by atoms with van der Waals surface area (Å²) in [6.45, 7) is 5.23. The molecule has 1 N–H and O–H groups in total. The van der Waals surface area contributed by atoms with E-state index in [4.69, 9.17) is 16.0 Å². The molecule has 25 heavy (non-hydrogen) atoms. The third kappa shape index (κ3) is 2.96. The van der Waals surface area contributed by atoms with E-state index in [0.29, 0.717) is 22.2 Å². The Morgan fingerprint density at radius 3 is 2.36 bits per heavy atom. The van der Waals surface area contributed by atoms with Crippen molar-refractivity contribution >= 4 is 29.0 Å². The Balaban J connectivity index is 2.16. The highest BCUT2D eigenvalue weighted by atomic mass is 35.5. The van der Waals surface area contributed by atoms with Crippen LogP contribution in [0.4, 0.5) is 5.69 Å². The van der Waals surface area contributed by atoms with E-state index in [0.717, 1.165) is 0 Å². The maximum absolute atomic E-state index is 12.7. The van der Waals surface area contributed by atoms with E-state index in [1.165, 1.54) is 4.90 Å². The quantitative estimate of drug-likeness (QED) is 0.880. The molecule has 1 unspecified atom stereocenters. The topological polar surface area (TPSA) is 70.8 Å². The van der Waals surface area contributed by atoms with Crippen molar-refractivity contribution < 1.29 is 19.1 Å². The Morgan fingerprint density at radius 1 is 1.20 bits per heavy atom. The van der Waals surface area contributed by atoms with Crippen LogP contribution in [0.2, 0.25) is 5.02 Å². The second-order valence-corrected chi connectivity index (χ2v) is 6.72. The molecular weight excluding hydrogens is 342 g/mol. The summed E-state index contributed by atoms with van der Waals surface area (Å²) in [5.41, 5.74) is 0.579. The predicted octanol–water partition coefficient (Wildman–Crippen LogP) is 4.37. The standard InChI is InChI=1S/C19H18ClNO4/c1-10(2)17(22)15-16(14-9-4-11(3)25-14)21(19(24)18(15)23)13-7-5-12(20)6-8-13/h4-10,16,23H,1-3H3. The average molecular weight is 360 g/mol. The molecule has 1 aromatic carbocycles. The minimum absolute atomic E-state index is 0.0595. The summed E-state index contributed by atoms with van der Waals surface area (Å²) in [6.07, 6.45) is 0. The number of aryl methyl sites for hydroxylation is 1. The van der Waals surface area contributed by atoms with Gasteiger partial charge < -0.3 is 9.52 Å². The van der Waals surface area contributed by atoms with Crippen LogP contribution in [0, 0.1) is 12.8 Å². The molecule has 0 saturated heterocycles. The van der Waals surface area contributed by atoms with Crippen molar-refractivity contribution in [1.29, 1.82) is 0 Å².